The van der Waals surface area contributed by atoms with E-state index in [1.165, 1.54) is 6.07 Å². The standard InChI is InChI=1S/C9H12F2N2/c10-8-1-2-9(11)7(5-8)3-4-13-6-12/h1-2,5,13H,3-4,6,12H2. The zero-order valence-electron chi connectivity index (χ0n) is 7.19. The van der Waals surface area contributed by atoms with Crippen LogP contribution in [-0.4, -0.2) is 13.2 Å². The molecule has 0 saturated carbocycles. The molecule has 0 unspecified atom stereocenters. The predicted molar refractivity (Wildman–Crippen MR) is 47.1 cm³/mol. The summed E-state index contributed by atoms with van der Waals surface area (Å²) in [6.45, 7) is 0.897. The number of nitrogens with one attached hydrogen (secondary N) is 1. The van der Waals surface area contributed by atoms with E-state index < -0.39 is 5.82 Å². The first-order valence-corrected chi connectivity index (χ1v) is 4.08. The summed E-state index contributed by atoms with van der Waals surface area (Å²) in [5.41, 5.74) is 5.56. The minimum Gasteiger partial charge on any atom is -0.318 e. The Morgan fingerprint density at radius 3 is 2.77 bits per heavy atom. The lowest BCUT2D eigenvalue weighted by Crippen LogP contribution is -2.24. The van der Waals surface area contributed by atoms with Gasteiger partial charge in [-0.2, -0.15) is 0 Å². The van der Waals surface area contributed by atoms with Gasteiger partial charge < -0.3 is 11.1 Å². The number of hydrogen-bond donors (Lipinski definition) is 2. The Morgan fingerprint density at radius 2 is 2.08 bits per heavy atom. The molecule has 13 heavy (non-hydrogen) atoms. The van der Waals surface area contributed by atoms with E-state index in [0.29, 0.717) is 25.2 Å². The van der Waals surface area contributed by atoms with Crippen LogP contribution in [0.25, 0.3) is 0 Å². The monoisotopic (exact) mass is 186 g/mol. The van der Waals surface area contributed by atoms with Gasteiger partial charge in [-0.25, -0.2) is 8.78 Å². The SMILES string of the molecule is NCNCCc1cc(F)ccc1F. The number of rotatable bonds is 4. The molecule has 0 aliphatic rings. The molecule has 0 radical (unpaired) electrons. The average Bonchev–Trinajstić information content (AvgIpc) is 2.11. The highest BCUT2D eigenvalue weighted by molar-refractivity contribution is 5.18. The Bertz CT molecular complexity index is 276. The van der Waals surface area contributed by atoms with Crippen molar-refractivity contribution < 1.29 is 8.78 Å². The van der Waals surface area contributed by atoms with Gasteiger partial charge in [0.2, 0.25) is 0 Å². The second kappa shape index (κ2) is 4.89. The van der Waals surface area contributed by atoms with Gasteiger partial charge in [0.25, 0.3) is 0 Å². The highest BCUT2D eigenvalue weighted by Gasteiger charge is 2.02. The first kappa shape index (κ1) is 10.1. The van der Waals surface area contributed by atoms with Gasteiger partial charge in [-0.15, -0.1) is 0 Å². The van der Waals surface area contributed by atoms with E-state index in [2.05, 4.69) is 5.32 Å². The van der Waals surface area contributed by atoms with E-state index in [1.807, 2.05) is 0 Å². The second-order valence-electron chi connectivity index (χ2n) is 2.69. The summed E-state index contributed by atoms with van der Waals surface area (Å²) in [7, 11) is 0. The summed E-state index contributed by atoms with van der Waals surface area (Å²) in [4.78, 5) is 0. The van der Waals surface area contributed by atoms with Crippen LogP contribution in [0.1, 0.15) is 5.56 Å². The van der Waals surface area contributed by atoms with Crippen molar-refractivity contribution in [2.75, 3.05) is 13.2 Å². The van der Waals surface area contributed by atoms with Gasteiger partial charge >= 0.3 is 0 Å². The zero-order chi connectivity index (χ0) is 9.68. The van der Waals surface area contributed by atoms with E-state index >= 15 is 0 Å². The molecule has 1 aromatic rings. The first-order chi connectivity index (χ1) is 6.24. The third kappa shape index (κ3) is 3.08. The molecule has 1 aromatic carbocycles. The van der Waals surface area contributed by atoms with Crippen molar-refractivity contribution in [2.24, 2.45) is 5.73 Å². The Balaban J connectivity index is 2.59. The van der Waals surface area contributed by atoms with Gasteiger partial charge in [-0.3, -0.25) is 0 Å². The van der Waals surface area contributed by atoms with Gasteiger partial charge in [0.05, 0.1) is 0 Å². The van der Waals surface area contributed by atoms with Gasteiger partial charge in [0.1, 0.15) is 11.6 Å². The van der Waals surface area contributed by atoms with Crippen molar-refractivity contribution in [1.82, 2.24) is 5.32 Å². The fourth-order valence-electron chi connectivity index (χ4n) is 1.06. The van der Waals surface area contributed by atoms with Crippen LogP contribution >= 0.6 is 0 Å². The van der Waals surface area contributed by atoms with E-state index in [-0.39, 0.29) is 5.82 Å². The Labute approximate surface area is 75.7 Å². The summed E-state index contributed by atoms with van der Waals surface area (Å²) in [6, 6.07) is 3.44. The van der Waals surface area contributed by atoms with Crippen LogP contribution in [0, 0.1) is 11.6 Å². The summed E-state index contributed by atoms with van der Waals surface area (Å²) in [6.07, 6.45) is 0.445. The van der Waals surface area contributed by atoms with Crippen molar-refractivity contribution in [3.63, 3.8) is 0 Å². The maximum Gasteiger partial charge on any atom is 0.126 e. The van der Waals surface area contributed by atoms with Crippen molar-refractivity contribution in [3.8, 4) is 0 Å². The van der Waals surface area contributed by atoms with E-state index in [0.717, 1.165) is 12.1 Å². The van der Waals surface area contributed by atoms with Crippen LogP contribution in [0.3, 0.4) is 0 Å². The fourth-order valence-corrected chi connectivity index (χ4v) is 1.06. The van der Waals surface area contributed by atoms with Crippen LogP contribution < -0.4 is 11.1 Å². The molecule has 0 heterocycles. The molecule has 0 amide bonds. The predicted octanol–water partition coefficient (Wildman–Crippen LogP) is 1.01. The lowest BCUT2D eigenvalue weighted by molar-refractivity contribution is 0.578. The summed E-state index contributed by atoms with van der Waals surface area (Å²) < 4.78 is 25.6. The van der Waals surface area contributed by atoms with Crippen LogP contribution in [-0.2, 0) is 6.42 Å². The van der Waals surface area contributed by atoms with E-state index in [1.54, 1.807) is 0 Å². The highest BCUT2D eigenvalue weighted by Crippen LogP contribution is 2.09. The summed E-state index contributed by atoms with van der Waals surface area (Å²) in [5.74, 6) is -0.788. The second-order valence-corrected chi connectivity index (χ2v) is 2.69. The molecule has 0 aliphatic carbocycles. The molecule has 0 aromatic heterocycles. The maximum atomic E-state index is 13.0. The molecular weight excluding hydrogens is 174 g/mol. The van der Waals surface area contributed by atoms with Crippen LogP contribution in [0.2, 0.25) is 0 Å². The van der Waals surface area contributed by atoms with Crippen molar-refractivity contribution in [2.45, 2.75) is 6.42 Å². The van der Waals surface area contributed by atoms with Gasteiger partial charge in [0.15, 0.2) is 0 Å². The van der Waals surface area contributed by atoms with Crippen LogP contribution in [0.5, 0.6) is 0 Å². The van der Waals surface area contributed by atoms with Crippen LogP contribution in [0.15, 0.2) is 18.2 Å². The minimum atomic E-state index is -0.413. The molecule has 0 aliphatic heterocycles. The quantitative estimate of drug-likeness (QED) is 0.544. The van der Waals surface area contributed by atoms with Gasteiger partial charge in [-0.05, 0) is 30.2 Å². The Kier molecular flexibility index (Phi) is 3.79. The summed E-state index contributed by atoms with van der Waals surface area (Å²) >= 11 is 0. The molecule has 0 fully saturated rings. The van der Waals surface area contributed by atoms with E-state index in [4.69, 9.17) is 5.73 Å². The molecule has 4 heteroatoms. The smallest absolute Gasteiger partial charge is 0.126 e. The molecule has 1 rings (SSSR count). The van der Waals surface area contributed by atoms with Crippen molar-refractivity contribution in [3.05, 3.63) is 35.4 Å². The normalized spacial score (nSPS) is 10.4. The number of hydrogen-bond acceptors (Lipinski definition) is 2. The number of nitrogens with two attached hydrogens (primary N) is 1. The largest absolute Gasteiger partial charge is 0.318 e. The zero-order valence-corrected chi connectivity index (χ0v) is 7.19. The lowest BCUT2D eigenvalue weighted by atomic mass is 10.1. The first-order valence-electron chi connectivity index (χ1n) is 4.08. The lowest BCUT2D eigenvalue weighted by Gasteiger charge is -2.03. The van der Waals surface area contributed by atoms with Crippen molar-refractivity contribution in [1.29, 1.82) is 0 Å². The highest BCUT2D eigenvalue weighted by atomic mass is 19.1. The van der Waals surface area contributed by atoms with Gasteiger partial charge in [-0.1, -0.05) is 0 Å². The topological polar surface area (TPSA) is 38.0 Å². The maximum absolute atomic E-state index is 13.0. The molecule has 0 spiro atoms. The minimum absolute atomic E-state index is 0.344. The van der Waals surface area contributed by atoms with Crippen LogP contribution in [0.4, 0.5) is 8.78 Å². The number of halogens is 2. The third-order valence-electron chi connectivity index (χ3n) is 1.72. The molecule has 0 atom stereocenters. The molecule has 2 nitrogen and oxygen atoms in total. The Morgan fingerprint density at radius 1 is 1.31 bits per heavy atom. The molecule has 72 valence electrons. The average molecular weight is 186 g/mol. The third-order valence-corrected chi connectivity index (χ3v) is 1.72. The molecule has 3 N–H and O–H groups in total. The molecular formula is C9H12F2N2. The number of benzene rings is 1. The fraction of sp³-hybridized carbons (Fsp3) is 0.333. The van der Waals surface area contributed by atoms with E-state index in [9.17, 15) is 8.78 Å². The Hall–Kier alpha value is -1.00. The molecule has 0 bridgehead atoms. The molecule has 0 saturated heterocycles. The summed E-state index contributed by atoms with van der Waals surface area (Å²) in [5, 5.41) is 2.83. The van der Waals surface area contributed by atoms with Gasteiger partial charge in [0, 0.05) is 13.2 Å². The van der Waals surface area contributed by atoms with Crippen molar-refractivity contribution >= 4 is 0 Å².